The van der Waals surface area contributed by atoms with E-state index < -0.39 is 0 Å². The van der Waals surface area contributed by atoms with Crippen LogP contribution in [0.25, 0.3) is 22.2 Å². The lowest BCUT2D eigenvalue weighted by Crippen LogP contribution is -1.90. The summed E-state index contributed by atoms with van der Waals surface area (Å²) < 4.78 is 0. The molecular weight excluding hydrogens is 236 g/mol. The van der Waals surface area contributed by atoms with Gasteiger partial charge in [-0.2, -0.15) is 5.10 Å². The Morgan fingerprint density at radius 1 is 1.12 bits per heavy atom. The van der Waals surface area contributed by atoms with Gasteiger partial charge in [0.15, 0.2) is 5.15 Å². The summed E-state index contributed by atoms with van der Waals surface area (Å²) in [6.45, 7) is 2.04. The van der Waals surface area contributed by atoms with Crippen LogP contribution in [-0.4, -0.2) is 20.4 Å². The van der Waals surface area contributed by atoms with Crippen LogP contribution in [0, 0.1) is 6.92 Å². The minimum atomic E-state index is 0.394. The molecule has 0 bridgehead atoms. The molecule has 0 amide bonds. The first-order valence-electron chi connectivity index (χ1n) is 5.18. The Morgan fingerprint density at radius 3 is 2.76 bits per heavy atom. The van der Waals surface area contributed by atoms with Crippen LogP contribution in [0.15, 0.2) is 30.5 Å². The number of hydrogen-bond donors (Lipinski definition) is 1. The third kappa shape index (κ3) is 1.66. The van der Waals surface area contributed by atoms with Gasteiger partial charge in [-0.1, -0.05) is 17.7 Å². The number of aromatic nitrogens is 4. The van der Waals surface area contributed by atoms with Gasteiger partial charge in [0.1, 0.15) is 0 Å². The molecule has 0 unspecified atom stereocenters. The largest absolute Gasteiger partial charge is 0.278 e. The van der Waals surface area contributed by atoms with E-state index in [0.29, 0.717) is 5.15 Å². The molecule has 1 aromatic carbocycles. The summed E-state index contributed by atoms with van der Waals surface area (Å²) in [4.78, 5) is 0. The van der Waals surface area contributed by atoms with Gasteiger partial charge in [-0.3, -0.25) is 5.10 Å². The van der Waals surface area contributed by atoms with Crippen molar-refractivity contribution in [2.75, 3.05) is 0 Å². The second-order valence-electron chi connectivity index (χ2n) is 3.83. The molecule has 0 aliphatic heterocycles. The summed E-state index contributed by atoms with van der Waals surface area (Å²) in [6, 6.07) is 7.64. The van der Waals surface area contributed by atoms with Gasteiger partial charge < -0.3 is 0 Å². The van der Waals surface area contributed by atoms with Gasteiger partial charge in [0.05, 0.1) is 17.4 Å². The highest BCUT2D eigenvalue weighted by Gasteiger charge is 2.10. The van der Waals surface area contributed by atoms with Crippen LogP contribution in [0.5, 0.6) is 0 Å². The zero-order chi connectivity index (χ0) is 11.8. The molecule has 0 saturated heterocycles. The van der Waals surface area contributed by atoms with Crippen molar-refractivity contribution in [3.8, 4) is 11.3 Å². The van der Waals surface area contributed by atoms with Gasteiger partial charge in [0, 0.05) is 10.9 Å². The molecule has 84 valence electrons. The quantitative estimate of drug-likeness (QED) is 0.716. The minimum Gasteiger partial charge on any atom is -0.278 e. The lowest BCUT2D eigenvalue weighted by Gasteiger charge is -2.05. The number of benzene rings is 1. The number of aryl methyl sites for hydroxylation is 1. The molecule has 0 fully saturated rings. The Bertz CT molecular complexity index is 673. The topological polar surface area (TPSA) is 54.5 Å². The predicted octanol–water partition coefficient (Wildman–Crippen LogP) is 2.98. The summed E-state index contributed by atoms with van der Waals surface area (Å²) in [7, 11) is 0. The van der Waals surface area contributed by atoms with Gasteiger partial charge in [-0.05, 0) is 30.7 Å². The molecule has 1 N–H and O–H groups in total. The maximum Gasteiger partial charge on any atom is 0.151 e. The lowest BCUT2D eigenvalue weighted by atomic mass is 10.0. The van der Waals surface area contributed by atoms with Crippen molar-refractivity contribution in [2.45, 2.75) is 6.92 Å². The first-order chi connectivity index (χ1) is 8.25. The van der Waals surface area contributed by atoms with Crippen LogP contribution in [-0.2, 0) is 0 Å². The molecule has 4 nitrogen and oxygen atoms in total. The van der Waals surface area contributed by atoms with Crippen molar-refractivity contribution in [1.82, 2.24) is 20.4 Å². The molecule has 0 radical (unpaired) electrons. The van der Waals surface area contributed by atoms with Gasteiger partial charge >= 0.3 is 0 Å². The van der Waals surface area contributed by atoms with E-state index in [2.05, 4.69) is 20.4 Å². The summed E-state index contributed by atoms with van der Waals surface area (Å²) in [6.07, 6.45) is 1.80. The summed E-state index contributed by atoms with van der Waals surface area (Å²) in [5, 5.41) is 16.4. The van der Waals surface area contributed by atoms with Crippen LogP contribution in [0.4, 0.5) is 0 Å². The van der Waals surface area contributed by atoms with E-state index in [4.69, 9.17) is 11.6 Å². The summed E-state index contributed by atoms with van der Waals surface area (Å²) in [5.74, 6) is 0. The Kier molecular flexibility index (Phi) is 2.30. The maximum atomic E-state index is 5.74. The molecule has 0 aliphatic carbocycles. The third-order valence-electron chi connectivity index (χ3n) is 2.72. The van der Waals surface area contributed by atoms with Crippen LogP contribution in [0.2, 0.25) is 5.15 Å². The molecule has 0 aliphatic rings. The van der Waals surface area contributed by atoms with Crippen molar-refractivity contribution in [3.05, 3.63) is 41.2 Å². The van der Waals surface area contributed by atoms with Crippen molar-refractivity contribution >= 4 is 22.5 Å². The molecule has 0 saturated carbocycles. The molecule has 5 heteroatoms. The molecule has 17 heavy (non-hydrogen) atoms. The Hall–Kier alpha value is -1.94. The van der Waals surface area contributed by atoms with Gasteiger partial charge in [0.25, 0.3) is 0 Å². The first kappa shape index (κ1) is 10.2. The Morgan fingerprint density at radius 2 is 2.00 bits per heavy atom. The fraction of sp³-hybridized carbons (Fsp3) is 0.0833. The fourth-order valence-electron chi connectivity index (χ4n) is 1.92. The number of nitrogens with one attached hydrogen (secondary N) is 1. The fourth-order valence-corrected chi connectivity index (χ4v) is 2.02. The molecule has 3 aromatic rings. The smallest absolute Gasteiger partial charge is 0.151 e. The highest BCUT2D eigenvalue weighted by atomic mass is 35.5. The zero-order valence-electron chi connectivity index (χ0n) is 9.11. The van der Waals surface area contributed by atoms with Crippen LogP contribution in [0.1, 0.15) is 5.56 Å². The van der Waals surface area contributed by atoms with Crippen LogP contribution >= 0.6 is 11.6 Å². The van der Waals surface area contributed by atoms with E-state index in [1.54, 1.807) is 12.3 Å². The summed E-state index contributed by atoms with van der Waals surface area (Å²) in [5.41, 5.74) is 3.97. The molecule has 3 rings (SSSR count). The van der Waals surface area contributed by atoms with E-state index in [9.17, 15) is 0 Å². The number of aromatic amines is 1. The minimum absolute atomic E-state index is 0.394. The predicted molar refractivity (Wildman–Crippen MR) is 66.9 cm³/mol. The SMILES string of the molecule is Cc1ccc2[nH]ncc2c1-c1ccc(Cl)nn1. The number of halogens is 1. The Balaban J connectivity index is 2.31. The molecular formula is C12H9ClN4. The highest BCUT2D eigenvalue weighted by Crippen LogP contribution is 2.29. The zero-order valence-corrected chi connectivity index (χ0v) is 9.86. The van der Waals surface area contributed by atoms with E-state index in [-0.39, 0.29) is 0 Å². The van der Waals surface area contributed by atoms with Gasteiger partial charge in [-0.25, -0.2) is 0 Å². The average Bonchev–Trinajstić information content (AvgIpc) is 2.79. The molecule has 0 spiro atoms. The number of nitrogens with zero attached hydrogens (tertiary/aromatic N) is 3. The molecule has 2 heterocycles. The second kappa shape index (κ2) is 3.82. The number of fused-ring (bicyclic) bond motifs is 1. The number of hydrogen-bond acceptors (Lipinski definition) is 3. The average molecular weight is 245 g/mol. The van der Waals surface area contributed by atoms with E-state index in [0.717, 1.165) is 27.7 Å². The summed E-state index contributed by atoms with van der Waals surface area (Å²) >= 11 is 5.74. The Labute approximate surface area is 103 Å². The first-order valence-corrected chi connectivity index (χ1v) is 5.56. The van der Waals surface area contributed by atoms with E-state index in [1.807, 2.05) is 25.1 Å². The lowest BCUT2D eigenvalue weighted by molar-refractivity contribution is 1.04. The molecule has 2 aromatic heterocycles. The van der Waals surface area contributed by atoms with Crippen molar-refractivity contribution in [3.63, 3.8) is 0 Å². The monoisotopic (exact) mass is 244 g/mol. The van der Waals surface area contributed by atoms with Crippen LogP contribution < -0.4 is 0 Å². The van der Waals surface area contributed by atoms with Crippen LogP contribution in [0.3, 0.4) is 0 Å². The third-order valence-corrected chi connectivity index (χ3v) is 2.92. The highest BCUT2D eigenvalue weighted by molar-refractivity contribution is 6.29. The van der Waals surface area contributed by atoms with Crippen molar-refractivity contribution in [1.29, 1.82) is 0 Å². The van der Waals surface area contributed by atoms with E-state index in [1.165, 1.54) is 0 Å². The number of H-pyrrole nitrogens is 1. The normalized spacial score (nSPS) is 10.9. The maximum absolute atomic E-state index is 5.74. The standard InChI is InChI=1S/C12H9ClN4/c1-7-2-3-9-8(6-14-15-9)12(7)10-4-5-11(13)17-16-10/h2-6H,1H3,(H,14,15). The van der Waals surface area contributed by atoms with Crippen molar-refractivity contribution < 1.29 is 0 Å². The number of rotatable bonds is 1. The van der Waals surface area contributed by atoms with Gasteiger partial charge in [0.2, 0.25) is 0 Å². The van der Waals surface area contributed by atoms with E-state index >= 15 is 0 Å². The van der Waals surface area contributed by atoms with Crippen molar-refractivity contribution in [2.24, 2.45) is 0 Å². The molecule has 0 atom stereocenters. The second-order valence-corrected chi connectivity index (χ2v) is 4.22. The van der Waals surface area contributed by atoms with Gasteiger partial charge in [-0.15, -0.1) is 10.2 Å².